The zero-order chi connectivity index (χ0) is 20.2. The van der Waals surface area contributed by atoms with Gasteiger partial charge in [0.2, 0.25) is 0 Å². The number of ether oxygens (including phenoxy) is 1. The maximum absolute atomic E-state index is 14.5. The molecular weight excluding hydrogens is 484 g/mol. The molecule has 0 saturated heterocycles. The molecule has 2 rings (SSSR count). The van der Waals surface area contributed by atoms with Crippen LogP contribution in [0, 0.1) is 12.7 Å². The molecule has 1 aromatic heterocycles. The van der Waals surface area contributed by atoms with Crippen molar-refractivity contribution in [1.29, 1.82) is 0 Å². The molecular formula is C21H33FIN5O. The van der Waals surface area contributed by atoms with Gasteiger partial charge in [0.05, 0.1) is 12.2 Å². The smallest absolute Gasteiger partial charge is 0.191 e. The van der Waals surface area contributed by atoms with E-state index in [2.05, 4.69) is 27.5 Å². The summed E-state index contributed by atoms with van der Waals surface area (Å²) in [5.41, 5.74) is 1.31. The average Bonchev–Trinajstić information content (AvgIpc) is 3.11. The second kappa shape index (κ2) is 14.3. The van der Waals surface area contributed by atoms with E-state index in [1.165, 1.54) is 6.07 Å². The minimum absolute atomic E-state index is 0. The summed E-state index contributed by atoms with van der Waals surface area (Å²) in [5, 5.41) is 6.50. The van der Waals surface area contributed by atoms with Crippen LogP contribution in [0.3, 0.4) is 0 Å². The zero-order valence-corrected chi connectivity index (χ0v) is 19.9. The molecule has 0 aliphatic rings. The van der Waals surface area contributed by atoms with Gasteiger partial charge in [-0.1, -0.05) is 19.4 Å². The van der Waals surface area contributed by atoms with Crippen molar-refractivity contribution >= 4 is 29.9 Å². The Bertz CT molecular complexity index is 750. The third kappa shape index (κ3) is 8.69. The van der Waals surface area contributed by atoms with Crippen LogP contribution in [0.5, 0.6) is 0 Å². The molecule has 0 fully saturated rings. The molecule has 8 heteroatoms. The van der Waals surface area contributed by atoms with Crippen molar-refractivity contribution in [2.24, 2.45) is 4.99 Å². The molecule has 162 valence electrons. The van der Waals surface area contributed by atoms with Crippen molar-refractivity contribution in [2.45, 2.75) is 46.6 Å². The second-order valence-corrected chi connectivity index (χ2v) is 6.57. The number of halogens is 2. The Labute approximate surface area is 190 Å². The number of guanidine groups is 1. The number of aryl methyl sites for hydroxylation is 1. The standard InChI is InChI=1S/C21H32FN5O.HI/c1-4-6-13-28-14-7-10-25-21(23-5-2)26-16-18-8-9-20(19(22)15-18)27-12-11-24-17(27)3;/h8-9,11-12,15H,4-7,10,13-14,16H2,1-3H3,(H2,23,25,26);1H. The molecule has 2 aromatic rings. The molecule has 0 aliphatic carbocycles. The molecule has 6 nitrogen and oxygen atoms in total. The maximum atomic E-state index is 14.5. The number of hydrogen-bond acceptors (Lipinski definition) is 3. The molecule has 1 aromatic carbocycles. The van der Waals surface area contributed by atoms with Gasteiger partial charge >= 0.3 is 0 Å². The van der Waals surface area contributed by atoms with Crippen LogP contribution in [0.2, 0.25) is 0 Å². The quantitative estimate of drug-likeness (QED) is 0.203. The van der Waals surface area contributed by atoms with Gasteiger partial charge in [-0.3, -0.25) is 0 Å². The fraction of sp³-hybridized carbons (Fsp3) is 0.524. The third-order valence-corrected chi connectivity index (χ3v) is 4.26. The van der Waals surface area contributed by atoms with Crippen LogP contribution >= 0.6 is 24.0 Å². The number of nitrogens with zero attached hydrogens (tertiary/aromatic N) is 3. The Kier molecular flexibility index (Phi) is 12.5. The van der Waals surface area contributed by atoms with E-state index in [0.717, 1.165) is 62.9 Å². The summed E-state index contributed by atoms with van der Waals surface area (Å²) in [6, 6.07) is 5.19. The highest BCUT2D eigenvalue weighted by Crippen LogP contribution is 2.17. The minimum Gasteiger partial charge on any atom is -0.381 e. The number of hydrogen-bond donors (Lipinski definition) is 2. The summed E-state index contributed by atoms with van der Waals surface area (Å²) in [7, 11) is 0. The number of nitrogens with one attached hydrogen (secondary N) is 2. The van der Waals surface area contributed by atoms with Gasteiger partial charge in [-0.2, -0.15) is 0 Å². The fourth-order valence-electron chi connectivity index (χ4n) is 2.72. The highest BCUT2D eigenvalue weighted by atomic mass is 127. The summed E-state index contributed by atoms with van der Waals surface area (Å²) in [5.74, 6) is 1.20. The topological polar surface area (TPSA) is 63.5 Å². The lowest BCUT2D eigenvalue weighted by molar-refractivity contribution is 0.129. The van der Waals surface area contributed by atoms with Gasteiger partial charge < -0.3 is 19.9 Å². The SMILES string of the molecule is CCCCOCCCNC(=NCc1ccc(-n2ccnc2C)c(F)c1)NCC.I. The van der Waals surface area contributed by atoms with Gasteiger partial charge in [0.15, 0.2) is 5.96 Å². The Morgan fingerprint density at radius 2 is 2.00 bits per heavy atom. The number of aliphatic imine (C=N–C) groups is 1. The molecule has 0 bridgehead atoms. The zero-order valence-electron chi connectivity index (χ0n) is 17.6. The highest BCUT2D eigenvalue weighted by Gasteiger charge is 2.08. The largest absolute Gasteiger partial charge is 0.381 e. The van der Waals surface area contributed by atoms with Crippen molar-refractivity contribution in [3.05, 3.63) is 47.8 Å². The summed E-state index contributed by atoms with van der Waals surface area (Å²) in [6.07, 6.45) is 6.59. The highest BCUT2D eigenvalue weighted by molar-refractivity contribution is 14.0. The summed E-state index contributed by atoms with van der Waals surface area (Å²) in [6.45, 7) is 9.55. The molecule has 0 saturated carbocycles. The molecule has 0 atom stereocenters. The van der Waals surface area contributed by atoms with Gasteiger partial charge in [0, 0.05) is 38.7 Å². The first kappa shape index (κ1) is 25.4. The Balaban J connectivity index is 0.00000420. The van der Waals surface area contributed by atoms with Crippen molar-refractivity contribution in [3.63, 3.8) is 0 Å². The van der Waals surface area contributed by atoms with Gasteiger partial charge in [-0.05, 0) is 44.4 Å². The Morgan fingerprint density at radius 3 is 2.66 bits per heavy atom. The van der Waals surface area contributed by atoms with Gasteiger partial charge in [0.1, 0.15) is 11.6 Å². The van der Waals surface area contributed by atoms with E-state index in [-0.39, 0.29) is 29.8 Å². The van der Waals surface area contributed by atoms with E-state index in [9.17, 15) is 4.39 Å². The molecule has 0 unspecified atom stereocenters. The molecule has 0 amide bonds. The number of imidazole rings is 1. The van der Waals surface area contributed by atoms with Crippen LogP contribution in [-0.4, -0.2) is 41.8 Å². The predicted octanol–water partition coefficient (Wildman–Crippen LogP) is 4.20. The lowest BCUT2D eigenvalue weighted by Gasteiger charge is -2.12. The molecule has 1 heterocycles. The van der Waals surface area contributed by atoms with E-state index in [1.807, 2.05) is 19.9 Å². The molecule has 2 N–H and O–H groups in total. The monoisotopic (exact) mass is 517 g/mol. The first-order chi connectivity index (χ1) is 13.7. The van der Waals surface area contributed by atoms with Crippen LogP contribution in [-0.2, 0) is 11.3 Å². The van der Waals surface area contributed by atoms with Crippen LogP contribution in [0.1, 0.15) is 44.5 Å². The van der Waals surface area contributed by atoms with Gasteiger partial charge in [-0.25, -0.2) is 14.4 Å². The maximum Gasteiger partial charge on any atom is 0.191 e. The first-order valence-corrected chi connectivity index (χ1v) is 10.0. The lowest BCUT2D eigenvalue weighted by atomic mass is 10.2. The van der Waals surface area contributed by atoms with Crippen molar-refractivity contribution in [3.8, 4) is 5.69 Å². The summed E-state index contributed by atoms with van der Waals surface area (Å²) in [4.78, 5) is 8.69. The van der Waals surface area contributed by atoms with Crippen LogP contribution in [0.15, 0.2) is 35.6 Å². The number of unbranched alkanes of at least 4 members (excludes halogenated alkanes) is 1. The van der Waals surface area contributed by atoms with E-state index >= 15 is 0 Å². The van der Waals surface area contributed by atoms with Crippen LogP contribution in [0.4, 0.5) is 4.39 Å². The first-order valence-electron chi connectivity index (χ1n) is 10.0. The lowest BCUT2D eigenvalue weighted by Crippen LogP contribution is -2.38. The number of aromatic nitrogens is 2. The van der Waals surface area contributed by atoms with E-state index in [4.69, 9.17) is 4.74 Å². The number of benzene rings is 1. The van der Waals surface area contributed by atoms with Gasteiger partial charge in [0.25, 0.3) is 0 Å². The Morgan fingerprint density at radius 1 is 1.21 bits per heavy atom. The van der Waals surface area contributed by atoms with E-state index in [1.54, 1.807) is 23.0 Å². The normalized spacial score (nSPS) is 11.2. The molecule has 0 radical (unpaired) electrons. The van der Waals surface area contributed by atoms with Crippen LogP contribution < -0.4 is 10.6 Å². The van der Waals surface area contributed by atoms with Crippen LogP contribution in [0.25, 0.3) is 5.69 Å². The van der Waals surface area contributed by atoms with E-state index < -0.39 is 0 Å². The summed E-state index contributed by atoms with van der Waals surface area (Å²) < 4.78 is 21.8. The molecule has 0 spiro atoms. The van der Waals surface area contributed by atoms with Crippen molar-refractivity contribution < 1.29 is 9.13 Å². The Hall–Kier alpha value is -1.68. The third-order valence-electron chi connectivity index (χ3n) is 4.26. The second-order valence-electron chi connectivity index (χ2n) is 6.57. The van der Waals surface area contributed by atoms with Crippen molar-refractivity contribution in [1.82, 2.24) is 20.2 Å². The van der Waals surface area contributed by atoms with Gasteiger partial charge in [-0.15, -0.1) is 24.0 Å². The average molecular weight is 517 g/mol. The number of rotatable bonds is 11. The molecule has 29 heavy (non-hydrogen) atoms. The molecule has 0 aliphatic heterocycles. The van der Waals surface area contributed by atoms with E-state index in [0.29, 0.717) is 12.2 Å². The predicted molar refractivity (Wildman–Crippen MR) is 127 cm³/mol. The minimum atomic E-state index is -0.281. The summed E-state index contributed by atoms with van der Waals surface area (Å²) >= 11 is 0. The van der Waals surface area contributed by atoms with Crippen molar-refractivity contribution in [2.75, 3.05) is 26.3 Å². The fourth-order valence-corrected chi connectivity index (χ4v) is 2.72.